The zero-order chi connectivity index (χ0) is 10.7. The molecule has 0 N–H and O–H groups in total. The standard InChI is InChI=1S/C5H5.2C3H9P.CH3.Fe/c1-2-4-5-3-1;2*1-4(2)3;;/h1-5H;2*1-3H3;1H3;/q-1;;;-1;+6/p+2. The van der Waals surface area contributed by atoms with Gasteiger partial charge >= 0.3 is 17.1 Å². The van der Waals surface area contributed by atoms with E-state index in [0.717, 1.165) is 0 Å². The summed E-state index contributed by atoms with van der Waals surface area (Å²) in [5.74, 6) is 0. The van der Waals surface area contributed by atoms with Crippen LogP contribution in [0.5, 0.6) is 0 Å². The van der Waals surface area contributed by atoms with E-state index in [1.54, 1.807) is 0 Å². The predicted molar refractivity (Wildman–Crippen MR) is 80.6 cm³/mol. The summed E-state index contributed by atoms with van der Waals surface area (Å²) in [6.45, 7) is 13.6. The van der Waals surface area contributed by atoms with Crippen LogP contribution in [0.4, 0.5) is 0 Å². The third-order valence-electron chi connectivity index (χ3n) is 0.556. The molecule has 0 aliphatic carbocycles. The van der Waals surface area contributed by atoms with Crippen molar-refractivity contribution < 1.29 is 17.1 Å². The van der Waals surface area contributed by atoms with E-state index in [2.05, 4.69) is 40.0 Å². The summed E-state index contributed by atoms with van der Waals surface area (Å²) in [6, 6.07) is 10.0. The molecule has 15 heavy (non-hydrogen) atoms. The van der Waals surface area contributed by atoms with Gasteiger partial charge < -0.3 is 7.43 Å². The summed E-state index contributed by atoms with van der Waals surface area (Å²) in [6.07, 6.45) is 0. The molecule has 0 aliphatic heterocycles. The summed E-state index contributed by atoms with van der Waals surface area (Å²) < 4.78 is 0. The molecular formula is C12H28FeP2+6. The summed E-state index contributed by atoms with van der Waals surface area (Å²) in [5.41, 5.74) is 0. The average molecular weight is 290 g/mol. The maximum absolute atomic E-state index is 2.27. The van der Waals surface area contributed by atoms with E-state index >= 15 is 0 Å². The van der Waals surface area contributed by atoms with E-state index in [4.69, 9.17) is 0 Å². The Labute approximate surface area is 111 Å². The van der Waals surface area contributed by atoms with Gasteiger partial charge in [-0.05, 0) is 15.8 Å². The van der Waals surface area contributed by atoms with E-state index in [0.29, 0.717) is 0 Å². The molecule has 0 amide bonds. The van der Waals surface area contributed by atoms with Crippen LogP contribution in [0.15, 0.2) is 30.3 Å². The van der Waals surface area contributed by atoms with Gasteiger partial charge in [0.25, 0.3) is 0 Å². The Morgan fingerprint density at radius 2 is 0.933 bits per heavy atom. The third kappa shape index (κ3) is 72.7. The zero-order valence-electron chi connectivity index (χ0n) is 11.2. The van der Waals surface area contributed by atoms with Gasteiger partial charge in [-0.25, -0.2) is 12.1 Å². The van der Waals surface area contributed by atoms with E-state index in [-0.39, 0.29) is 40.3 Å². The molecule has 0 nitrogen and oxygen atoms in total. The first-order valence-corrected chi connectivity index (χ1v) is 10.7. The van der Waals surface area contributed by atoms with Crippen LogP contribution in [-0.2, 0) is 17.1 Å². The Morgan fingerprint density at radius 3 is 1.00 bits per heavy atom. The molecule has 0 spiro atoms. The van der Waals surface area contributed by atoms with E-state index in [9.17, 15) is 0 Å². The molecule has 0 aliphatic rings. The molecule has 1 aromatic rings. The Morgan fingerprint density at radius 1 is 0.733 bits per heavy atom. The summed E-state index contributed by atoms with van der Waals surface area (Å²) in [7, 11) is 0.241. The van der Waals surface area contributed by atoms with Gasteiger partial charge in [0.15, 0.2) is 0 Å². The van der Waals surface area contributed by atoms with E-state index in [1.165, 1.54) is 0 Å². The minimum absolute atomic E-state index is 0. The smallest absolute Gasteiger partial charge is 0.358 e. The normalized spacial score (nSPS) is 7.47. The van der Waals surface area contributed by atoms with Crippen molar-refractivity contribution in [1.82, 2.24) is 0 Å². The molecule has 88 valence electrons. The molecule has 1 rings (SSSR count). The van der Waals surface area contributed by atoms with Gasteiger partial charge in [0, 0.05) is 40.0 Å². The minimum atomic E-state index is 0. The van der Waals surface area contributed by atoms with Crippen LogP contribution in [0, 0.1) is 7.43 Å². The van der Waals surface area contributed by atoms with Crippen LogP contribution in [0.25, 0.3) is 0 Å². The minimum Gasteiger partial charge on any atom is -0.358 e. The van der Waals surface area contributed by atoms with Crippen molar-refractivity contribution in [3.05, 3.63) is 37.8 Å². The quantitative estimate of drug-likeness (QED) is 0.384. The SMILES string of the molecule is C[PH+](C)C.C[PH+](C)C.[CH3-].[Fe+6].c1cc[cH-]c1. The van der Waals surface area contributed by atoms with Crippen LogP contribution in [0.1, 0.15) is 0 Å². The maximum Gasteiger partial charge on any atom is 6.00 e. The second kappa shape index (κ2) is 20.2. The molecule has 0 atom stereocenters. The average Bonchev–Trinajstić information content (AvgIpc) is 2.35. The van der Waals surface area contributed by atoms with Gasteiger partial charge in [-0.3, -0.25) is 0 Å². The topological polar surface area (TPSA) is 0 Å². The molecule has 0 heterocycles. The van der Waals surface area contributed by atoms with Crippen molar-refractivity contribution in [3.8, 4) is 0 Å². The Bertz CT molecular complexity index is 120. The molecule has 0 saturated heterocycles. The largest absolute Gasteiger partial charge is 6.00 e. The van der Waals surface area contributed by atoms with Crippen molar-refractivity contribution in [1.29, 1.82) is 0 Å². The van der Waals surface area contributed by atoms with Gasteiger partial charge in [-0.1, -0.05) is 0 Å². The molecular weight excluding hydrogens is 262 g/mol. The zero-order valence-corrected chi connectivity index (χ0v) is 14.3. The Hall–Kier alpha value is 0.729. The first kappa shape index (κ1) is 24.8. The Kier molecular flexibility index (Phi) is 33.4. The molecule has 1 aromatic carbocycles. The fourth-order valence-electron chi connectivity index (χ4n) is 0.321. The number of hydrogen-bond acceptors (Lipinski definition) is 0. The van der Waals surface area contributed by atoms with Gasteiger partial charge in [-0.2, -0.15) is 18.2 Å². The van der Waals surface area contributed by atoms with Gasteiger partial charge in [0.2, 0.25) is 0 Å². The van der Waals surface area contributed by atoms with Crippen LogP contribution in [0.3, 0.4) is 0 Å². The fourth-order valence-corrected chi connectivity index (χ4v) is 0.321. The molecule has 0 aromatic heterocycles. The van der Waals surface area contributed by atoms with Gasteiger partial charge in [-0.15, -0.1) is 0 Å². The monoisotopic (exact) mass is 290 g/mol. The summed E-state index contributed by atoms with van der Waals surface area (Å²) in [5, 5.41) is 0. The molecule has 0 unspecified atom stereocenters. The predicted octanol–water partition coefficient (Wildman–Crippen LogP) is 4.03. The van der Waals surface area contributed by atoms with Gasteiger partial charge in [0.1, 0.15) is 0 Å². The van der Waals surface area contributed by atoms with Crippen molar-refractivity contribution >= 4 is 15.8 Å². The summed E-state index contributed by atoms with van der Waals surface area (Å²) in [4.78, 5) is 0. The molecule has 0 bridgehead atoms. The van der Waals surface area contributed by atoms with E-state index < -0.39 is 0 Å². The van der Waals surface area contributed by atoms with Crippen molar-refractivity contribution in [2.75, 3.05) is 40.0 Å². The number of rotatable bonds is 0. The first-order chi connectivity index (χ1) is 5.96. The summed E-state index contributed by atoms with van der Waals surface area (Å²) >= 11 is 0. The van der Waals surface area contributed by atoms with Crippen LogP contribution < -0.4 is 0 Å². The second-order valence-corrected chi connectivity index (χ2v) is 9.96. The fraction of sp³-hybridized carbons (Fsp3) is 0.500. The van der Waals surface area contributed by atoms with Crippen LogP contribution in [-0.4, -0.2) is 40.0 Å². The van der Waals surface area contributed by atoms with E-state index in [1.807, 2.05) is 30.3 Å². The maximum atomic E-state index is 2.27. The van der Waals surface area contributed by atoms with Crippen LogP contribution >= 0.6 is 15.8 Å². The molecule has 0 fully saturated rings. The van der Waals surface area contributed by atoms with Crippen molar-refractivity contribution in [2.45, 2.75) is 0 Å². The first-order valence-electron chi connectivity index (χ1n) is 4.67. The number of hydrogen-bond donors (Lipinski definition) is 0. The molecule has 0 saturated carbocycles. The van der Waals surface area contributed by atoms with Crippen LogP contribution in [0.2, 0.25) is 0 Å². The molecule has 3 heteroatoms. The van der Waals surface area contributed by atoms with Crippen molar-refractivity contribution in [3.63, 3.8) is 0 Å². The molecule has 0 radical (unpaired) electrons. The van der Waals surface area contributed by atoms with Gasteiger partial charge in [0.05, 0.1) is 0 Å². The van der Waals surface area contributed by atoms with Crippen molar-refractivity contribution in [2.24, 2.45) is 0 Å². The second-order valence-electron chi connectivity index (χ2n) is 3.96. The Balaban J connectivity index is -0.0000000575. The third-order valence-corrected chi connectivity index (χ3v) is 0.556.